The van der Waals surface area contributed by atoms with Gasteiger partial charge in [0.25, 0.3) is 0 Å². The molecule has 0 N–H and O–H groups in total. The number of anilines is 1. The van der Waals surface area contributed by atoms with Gasteiger partial charge in [0.15, 0.2) is 0 Å². The van der Waals surface area contributed by atoms with Crippen LogP contribution in [0.2, 0.25) is 0 Å². The standard InChI is InChI=1S/C25H25FN10O/c1-32-14-19(13-29-32)21-16-36-24(18(10-27)12-30-36)23(31-21)17-2-3-22(28-11-17)33-6-8-34(9-7-33)25(37)35-5-4-20(26)15-35/h2-3,11-14,16,20H,4-9,15H2,1H3. The van der Waals surface area contributed by atoms with Gasteiger partial charge in [-0.05, 0) is 18.6 Å². The van der Waals surface area contributed by atoms with E-state index in [1.165, 1.54) is 6.20 Å². The van der Waals surface area contributed by atoms with Crippen molar-refractivity contribution in [2.45, 2.75) is 12.6 Å². The smallest absolute Gasteiger partial charge is 0.320 e. The van der Waals surface area contributed by atoms with E-state index in [0.29, 0.717) is 61.6 Å². The predicted octanol–water partition coefficient (Wildman–Crippen LogP) is 2.35. The highest BCUT2D eigenvalue weighted by molar-refractivity contribution is 5.83. The van der Waals surface area contributed by atoms with Gasteiger partial charge < -0.3 is 14.7 Å². The minimum atomic E-state index is -0.916. The first-order chi connectivity index (χ1) is 18.0. The fourth-order valence-corrected chi connectivity index (χ4v) is 4.92. The van der Waals surface area contributed by atoms with E-state index in [1.54, 1.807) is 37.6 Å². The summed E-state index contributed by atoms with van der Waals surface area (Å²) in [6.07, 6.45) is 8.18. The van der Waals surface area contributed by atoms with Crippen molar-refractivity contribution in [1.29, 1.82) is 5.26 Å². The topological polar surface area (TPSA) is 111 Å². The molecule has 0 aromatic carbocycles. The van der Waals surface area contributed by atoms with E-state index >= 15 is 0 Å². The summed E-state index contributed by atoms with van der Waals surface area (Å²) in [4.78, 5) is 27.7. The molecule has 2 fully saturated rings. The largest absolute Gasteiger partial charge is 0.353 e. The number of nitriles is 1. The summed E-state index contributed by atoms with van der Waals surface area (Å²) in [6, 6.07) is 5.98. The second-order valence-corrected chi connectivity index (χ2v) is 9.33. The molecule has 2 amide bonds. The van der Waals surface area contributed by atoms with E-state index in [1.807, 2.05) is 25.4 Å². The van der Waals surface area contributed by atoms with Crippen molar-refractivity contribution in [3.8, 4) is 28.6 Å². The van der Waals surface area contributed by atoms with Crippen molar-refractivity contribution in [2.24, 2.45) is 7.05 Å². The van der Waals surface area contributed by atoms with E-state index in [9.17, 15) is 14.4 Å². The molecule has 0 spiro atoms. The number of alkyl halides is 1. The van der Waals surface area contributed by atoms with Crippen LogP contribution in [-0.4, -0.2) is 90.6 Å². The number of pyridine rings is 1. The number of hydrogen-bond acceptors (Lipinski definition) is 7. The van der Waals surface area contributed by atoms with Gasteiger partial charge in [-0.3, -0.25) is 4.68 Å². The number of piperazine rings is 1. The Labute approximate surface area is 212 Å². The van der Waals surface area contributed by atoms with Crippen LogP contribution in [-0.2, 0) is 7.05 Å². The molecule has 188 valence electrons. The molecule has 2 aliphatic heterocycles. The number of aromatic nitrogens is 6. The molecule has 12 heteroatoms. The Kier molecular flexibility index (Phi) is 5.67. The summed E-state index contributed by atoms with van der Waals surface area (Å²) in [6.45, 7) is 3.09. The van der Waals surface area contributed by atoms with Crippen molar-refractivity contribution in [3.05, 3.63) is 48.7 Å². The number of carbonyl (C=O) groups excluding carboxylic acids is 1. The lowest BCUT2D eigenvalue weighted by molar-refractivity contribution is 0.156. The van der Waals surface area contributed by atoms with Gasteiger partial charge in [0.1, 0.15) is 29.1 Å². The fourth-order valence-electron chi connectivity index (χ4n) is 4.92. The lowest BCUT2D eigenvalue weighted by atomic mass is 10.1. The van der Waals surface area contributed by atoms with Crippen molar-refractivity contribution in [3.63, 3.8) is 0 Å². The highest BCUT2D eigenvalue weighted by Gasteiger charge is 2.31. The van der Waals surface area contributed by atoms with E-state index in [4.69, 9.17) is 4.98 Å². The number of likely N-dealkylation sites (tertiary alicyclic amines) is 1. The molecule has 2 saturated heterocycles. The van der Waals surface area contributed by atoms with Gasteiger partial charge >= 0.3 is 6.03 Å². The summed E-state index contributed by atoms with van der Waals surface area (Å²) < 4.78 is 16.9. The maximum absolute atomic E-state index is 13.5. The first-order valence-corrected chi connectivity index (χ1v) is 12.2. The van der Waals surface area contributed by atoms with Crippen molar-refractivity contribution >= 4 is 17.4 Å². The van der Waals surface area contributed by atoms with Gasteiger partial charge in [0, 0.05) is 63.3 Å². The van der Waals surface area contributed by atoms with Crippen LogP contribution in [0.5, 0.6) is 0 Å². The van der Waals surface area contributed by atoms with E-state index < -0.39 is 6.17 Å². The third-order valence-corrected chi connectivity index (χ3v) is 6.91. The van der Waals surface area contributed by atoms with Crippen molar-refractivity contribution in [2.75, 3.05) is 44.2 Å². The Hall–Kier alpha value is -4.53. The molecule has 37 heavy (non-hydrogen) atoms. The van der Waals surface area contributed by atoms with Crippen LogP contribution < -0.4 is 4.90 Å². The highest BCUT2D eigenvalue weighted by atomic mass is 19.1. The van der Waals surface area contributed by atoms with Gasteiger partial charge in [0.05, 0.1) is 36.5 Å². The Balaban J connectivity index is 1.23. The zero-order valence-electron chi connectivity index (χ0n) is 20.3. The van der Waals surface area contributed by atoms with E-state index in [-0.39, 0.29) is 12.6 Å². The van der Waals surface area contributed by atoms with Crippen LogP contribution >= 0.6 is 0 Å². The second kappa shape index (κ2) is 9.16. The van der Waals surface area contributed by atoms with E-state index in [0.717, 1.165) is 16.9 Å². The van der Waals surface area contributed by atoms with Crippen molar-refractivity contribution < 1.29 is 9.18 Å². The van der Waals surface area contributed by atoms with Gasteiger partial charge in [-0.1, -0.05) is 0 Å². The van der Waals surface area contributed by atoms with Crippen LogP contribution in [0.15, 0.2) is 43.1 Å². The van der Waals surface area contributed by atoms with Crippen LogP contribution in [0.3, 0.4) is 0 Å². The Bertz CT molecular complexity index is 1500. The molecular formula is C25H25FN10O. The molecule has 2 aliphatic rings. The average Bonchev–Trinajstić information content (AvgIpc) is 3.67. The first kappa shape index (κ1) is 22.9. The van der Waals surface area contributed by atoms with Gasteiger partial charge in [0.2, 0.25) is 0 Å². The zero-order valence-corrected chi connectivity index (χ0v) is 20.3. The number of nitrogens with zero attached hydrogens (tertiary/aromatic N) is 10. The summed E-state index contributed by atoms with van der Waals surface area (Å²) in [5.41, 5.74) is 3.95. The third-order valence-electron chi connectivity index (χ3n) is 6.91. The maximum Gasteiger partial charge on any atom is 0.320 e. The Morgan fingerprint density at radius 3 is 2.51 bits per heavy atom. The number of urea groups is 1. The number of fused-ring (bicyclic) bond motifs is 1. The Morgan fingerprint density at radius 2 is 1.86 bits per heavy atom. The Morgan fingerprint density at radius 1 is 1.03 bits per heavy atom. The number of amides is 2. The predicted molar refractivity (Wildman–Crippen MR) is 133 cm³/mol. The summed E-state index contributed by atoms with van der Waals surface area (Å²) in [5.74, 6) is 0.800. The maximum atomic E-state index is 13.5. The molecule has 0 aliphatic carbocycles. The number of carbonyl (C=O) groups is 1. The number of aryl methyl sites for hydroxylation is 1. The molecule has 6 heterocycles. The summed E-state index contributed by atoms with van der Waals surface area (Å²) >= 11 is 0. The van der Waals surface area contributed by atoms with E-state index in [2.05, 4.69) is 26.2 Å². The molecule has 1 atom stereocenters. The molecule has 4 aromatic rings. The minimum absolute atomic E-state index is 0.0826. The first-order valence-electron chi connectivity index (χ1n) is 12.2. The molecule has 0 bridgehead atoms. The summed E-state index contributed by atoms with van der Waals surface area (Å²) in [5, 5.41) is 18.2. The number of rotatable bonds is 3. The van der Waals surface area contributed by atoms with Crippen LogP contribution in [0.4, 0.5) is 15.0 Å². The monoisotopic (exact) mass is 500 g/mol. The lowest BCUT2D eigenvalue weighted by Crippen LogP contribution is -2.52. The molecule has 11 nitrogen and oxygen atoms in total. The zero-order chi connectivity index (χ0) is 25.5. The van der Waals surface area contributed by atoms with Gasteiger partial charge in [-0.15, -0.1) is 0 Å². The normalized spacial score (nSPS) is 18.0. The molecule has 6 rings (SSSR count). The van der Waals surface area contributed by atoms with Gasteiger partial charge in [-0.2, -0.15) is 15.5 Å². The molecular weight excluding hydrogens is 475 g/mol. The molecule has 0 radical (unpaired) electrons. The van der Waals surface area contributed by atoms with Gasteiger partial charge in [-0.25, -0.2) is 23.7 Å². The molecule has 1 unspecified atom stereocenters. The van der Waals surface area contributed by atoms with Crippen LogP contribution in [0.25, 0.3) is 28.0 Å². The van der Waals surface area contributed by atoms with Crippen LogP contribution in [0.1, 0.15) is 12.0 Å². The lowest BCUT2D eigenvalue weighted by Gasteiger charge is -2.37. The summed E-state index contributed by atoms with van der Waals surface area (Å²) in [7, 11) is 1.84. The van der Waals surface area contributed by atoms with Crippen molar-refractivity contribution in [1.82, 2.24) is 39.2 Å². The van der Waals surface area contributed by atoms with Crippen LogP contribution in [0, 0.1) is 11.3 Å². The highest BCUT2D eigenvalue weighted by Crippen LogP contribution is 2.29. The second-order valence-electron chi connectivity index (χ2n) is 9.33. The fraction of sp³-hybridized carbons (Fsp3) is 0.360. The SMILES string of the molecule is Cn1cc(-c2cn3ncc(C#N)c3c(-c3ccc(N4CCN(C(=O)N5CCC(F)C5)CC4)nc3)n2)cn1. The average molecular weight is 501 g/mol. The molecule has 0 saturated carbocycles. The number of halogens is 1. The third kappa shape index (κ3) is 4.22. The molecule has 4 aromatic heterocycles. The quantitative estimate of drug-likeness (QED) is 0.425. The number of hydrogen-bond donors (Lipinski definition) is 0. The minimum Gasteiger partial charge on any atom is -0.353 e.